The van der Waals surface area contributed by atoms with Crippen molar-refractivity contribution in [1.29, 1.82) is 0 Å². The van der Waals surface area contributed by atoms with Crippen LogP contribution in [-0.4, -0.2) is 47.1 Å². The minimum Gasteiger partial charge on any atom is -0.353 e. The molecule has 1 aliphatic heterocycles. The van der Waals surface area contributed by atoms with Crippen LogP contribution in [0.3, 0.4) is 0 Å². The topological polar surface area (TPSA) is 36.4 Å². The van der Waals surface area contributed by atoms with Gasteiger partial charge in [-0.15, -0.1) is 0 Å². The van der Waals surface area contributed by atoms with Crippen LogP contribution in [0.15, 0.2) is 18.3 Å². The van der Waals surface area contributed by atoms with E-state index in [1.165, 1.54) is 4.90 Å². The Kier molecular flexibility index (Phi) is 5.18. The molecule has 0 spiro atoms. The maximum absolute atomic E-state index is 12.4. The second kappa shape index (κ2) is 6.59. The predicted molar refractivity (Wildman–Crippen MR) is 85.6 cm³/mol. The molecule has 4 nitrogen and oxygen atoms in total. The Labute approximate surface area is 140 Å². The molecule has 2 unspecified atom stereocenters. The van der Waals surface area contributed by atoms with Gasteiger partial charge in [-0.05, 0) is 48.6 Å². The van der Waals surface area contributed by atoms with E-state index in [9.17, 15) is 18.0 Å². The number of pyridine rings is 1. The molecule has 2 atom stereocenters. The number of carbonyl (C=O) groups excluding carboxylic acids is 1. The molecule has 2 rings (SSSR count). The Balaban J connectivity index is 2.08. The Morgan fingerprint density at radius 2 is 1.91 bits per heavy atom. The molecule has 2 heterocycles. The number of carbonyl (C=O) groups is 1. The molecule has 0 N–H and O–H groups in total. The van der Waals surface area contributed by atoms with E-state index in [2.05, 4.69) is 27.6 Å². The monoisotopic (exact) mass is 427 g/mol. The van der Waals surface area contributed by atoms with Gasteiger partial charge in [-0.1, -0.05) is 0 Å². The van der Waals surface area contributed by atoms with Crippen molar-refractivity contribution in [3.63, 3.8) is 0 Å². The van der Waals surface area contributed by atoms with E-state index >= 15 is 0 Å². The molecule has 8 heteroatoms. The van der Waals surface area contributed by atoms with Crippen LogP contribution in [-0.2, 0) is 4.79 Å². The van der Waals surface area contributed by atoms with Crippen molar-refractivity contribution >= 4 is 34.3 Å². The Hall–Kier alpha value is -1.06. The zero-order valence-corrected chi connectivity index (χ0v) is 14.4. The van der Waals surface area contributed by atoms with Crippen molar-refractivity contribution in [2.45, 2.75) is 38.5 Å². The van der Waals surface area contributed by atoms with Gasteiger partial charge in [0.15, 0.2) is 0 Å². The van der Waals surface area contributed by atoms with Gasteiger partial charge in [-0.2, -0.15) is 13.2 Å². The number of rotatable bonds is 2. The number of piperazine rings is 1. The van der Waals surface area contributed by atoms with Crippen LogP contribution in [0.4, 0.5) is 19.0 Å². The molecule has 0 aromatic carbocycles. The first-order valence-electron chi connectivity index (χ1n) is 6.92. The van der Waals surface area contributed by atoms with Crippen LogP contribution in [0.1, 0.15) is 20.3 Å². The fourth-order valence-electron chi connectivity index (χ4n) is 2.82. The molecule has 22 heavy (non-hydrogen) atoms. The molecule has 1 aliphatic rings. The highest BCUT2D eigenvalue weighted by Gasteiger charge is 2.39. The molecule has 0 radical (unpaired) electrons. The summed E-state index contributed by atoms with van der Waals surface area (Å²) in [6, 6.07) is 3.23. The van der Waals surface area contributed by atoms with Crippen molar-refractivity contribution in [2.75, 3.05) is 18.0 Å². The third kappa shape index (κ3) is 4.23. The summed E-state index contributed by atoms with van der Waals surface area (Å²) < 4.78 is 38.3. The smallest absolute Gasteiger partial charge is 0.353 e. The first-order chi connectivity index (χ1) is 10.2. The van der Waals surface area contributed by atoms with E-state index < -0.39 is 18.5 Å². The predicted octanol–water partition coefficient (Wildman–Crippen LogP) is 3.06. The number of alkyl halides is 3. The van der Waals surface area contributed by atoms with Gasteiger partial charge in [0.25, 0.3) is 0 Å². The van der Waals surface area contributed by atoms with Gasteiger partial charge in [0, 0.05) is 34.9 Å². The second-order valence-corrected chi connectivity index (χ2v) is 6.78. The Morgan fingerprint density at radius 1 is 1.32 bits per heavy atom. The molecule has 0 saturated carbocycles. The molecule has 1 aromatic heterocycles. The van der Waals surface area contributed by atoms with Crippen molar-refractivity contribution in [3.8, 4) is 0 Å². The van der Waals surface area contributed by atoms with Crippen LogP contribution >= 0.6 is 22.6 Å². The molecule has 1 saturated heterocycles. The lowest BCUT2D eigenvalue weighted by Gasteiger charge is -2.45. The summed E-state index contributed by atoms with van der Waals surface area (Å²) in [6.45, 7) is 4.48. The second-order valence-electron chi connectivity index (χ2n) is 5.53. The molecule has 1 fully saturated rings. The third-order valence-corrected chi connectivity index (χ3v) is 4.23. The summed E-state index contributed by atoms with van der Waals surface area (Å²) in [6.07, 6.45) is -4.12. The summed E-state index contributed by atoms with van der Waals surface area (Å²) in [5.74, 6) is -0.0789. The van der Waals surface area contributed by atoms with Crippen molar-refractivity contribution in [1.82, 2.24) is 9.88 Å². The minimum absolute atomic E-state index is 0.292. The highest BCUT2D eigenvalue weighted by atomic mass is 127. The van der Waals surface area contributed by atoms with Gasteiger partial charge in [-0.25, -0.2) is 4.98 Å². The molecule has 1 amide bonds. The fourth-order valence-corrected chi connectivity index (χ4v) is 3.14. The average molecular weight is 427 g/mol. The summed E-state index contributed by atoms with van der Waals surface area (Å²) in [5.41, 5.74) is 0. The van der Waals surface area contributed by atoms with E-state index in [-0.39, 0.29) is 12.1 Å². The SMILES string of the molecule is CC1CN(c2ccc(I)cn2)CC(C)N1C(=O)CC(F)(F)F. The van der Waals surface area contributed by atoms with Gasteiger partial charge in [0.2, 0.25) is 5.91 Å². The molecular formula is C14H17F3IN3O. The van der Waals surface area contributed by atoms with Gasteiger partial charge >= 0.3 is 6.18 Å². The highest BCUT2D eigenvalue weighted by molar-refractivity contribution is 14.1. The largest absolute Gasteiger partial charge is 0.397 e. The number of halogens is 4. The quantitative estimate of drug-likeness (QED) is 0.681. The van der Waals surface area contributed by atoms with Gasteiger partial charge < -0.3 is 9.80 Å². The Bertz CT molecular complexity index is 523. The molecule has 122 valence electrons. The van der Waals surface area contributed by atoms with E-state index in [0.29, 0.717) is 13.1 Å². The zero-order valence-electron chi connectivity index (χ0n) is 12.3. The lowest BCUT2D eigenvalue weighted by atomic mass is 10.1. The maximum Gasteiger partial charge on any atom is 0.397 e. The lowest BCUT2D eigenvalue weighted by Crippen LogP contribution is -2.59. The van der Waals surface area contributed by atoms with Crippen LogP contribution < -0.4 is 4.90 Å². The molecular weight excluding hydrogens is 410 g/mol. The number of hydrogen-bond donors (Lipinski definition) is 0. The summed E-state index contributed by atoms with van der Waals surface area (Å²) in [7, 11) is 0. The van der Waals surface area contributed by atoms with E-state index in [0.717, 1.165) is 9.39 Å². The van der Waals surface area contributed by atoms with Crippen LogP contribution in [0.25, 0.3) is 0 Å². The number of nitrogens with zero attached hydrogens (tertiary/aromatic N) is 3. The summed E-state index contributed by atoms with van der Waals surface area (Å²) >= 11 is 2.16. The molecule has 0 aliphatic carbocycles. The standard InChI is InChI=1S/C14H17F3IN3O/c1-9-7-20(12-4-3-11(18)6-19-12)8-10(2)21(9)13(22)5-14(15,16)17/h3-4,6,9-10H,5,7-8H2,1-2H3. The average Bonchev–Trinajstić information content (AvgIpc) is 2.36. The first kappa shape index (κ1) is 17.3. The van der Waals surface area contributed by atoms with Crippen LogP contribution in [0, 0.1) is 3.57 Å². The van der Waals surface area contributed by atoms with Crippen LogP contribution in [0.2, 0.25) is 0 Å². The number of anilines is 1. The lowest BCUT2D eigenvalue weighted by molar-refractivity contribution is -0.164. The van der Waals surface area contributed by atoms with Gasteiger partial charge in [-0.3, -0.25) is 4.79 Å². The Morgan fingerprint density at radius 3 is 2.36 bits per heavy atom. The number of aromatic nitrogens is 1. The number of amides is 1. The molecule has 1 aromatic rings. The van der Waals surface area contributed by atoms with Crippen molar-refractivity contribution in [3.05, 3.63) is 21.9 Å². The van der Waals surface area contributed by atoms with E-state index in [1.54, 1.807) is 20.0 Å². The highest BCUT2D eigenvalue weighted by Crippen LogP contribution is 2.26. The zero-order chi connectivity index (χ0) is 16.5. The number of hydrogen-bond acceptors (Lipinski definition) is 3. The maximum atomic E-state index is 12.4. The van der Waals surface area contributed by atoms with E-state index in [4.69, 9.17) is 0 Å². The summed E-state index contributed by atoms with van der Waals surface area (Å²) in [5, 5.41) is 0. The van der Waals surface area contributed by atoms with Gasteiger partial charge in [0.1, 0.15) is 12.2 Å². The van der Waals surface area contributed by atoms with Gasteiger partial charge in [0.05, 0.1) is 0 Å². The van der Waals surface area contributed by atoms with Crippen LogP contribution in [0.5, 0.6) is 0 Å². The van der Waals surface area contributed by atoms with Crippen molar-refractivity contribution in [2.24, 2.45) is 0 Å². The summed E-state index contributed by atoms with van der Waals surface area (Å²) in [4.78, 5) is 19.6. The van der Waals surface area contributed by atoms with E-state index in [1.807, 2.05) is 17.0 Å². The van der Waals surface area contributed by atoms with Crippen molar-refractivity contribution < 1.29 is 18.0 Å². The normalized spacial score (nSPS) is 22.8. The third-order valence-electron chi connectivity index (χ3n) is 3.59. The minimum atomic E-state index is -4.47. The fraction of sp³-hybridized carbons (Fsp3) is 0.571. The first-order valence-corrected chi connectivity index (χ1v) is 7.99. The molecule has 0 bridgehead atoms.